The molecule has 2 unspecified atom stereocenters. The van der Waals surface area contributed by atoms with Gasteiger partial charge in [0.15, 0.2) is 23.4 Å². The van der Waals surface area contributed by atoms with Gasteiger partial charge in [-0.15, -0.1) is 0 Å². The Bertz CT molecular complexity index is 1180. The Morgan fingerprint density at radius 2 is 1.92 bits per heavy atom. The number of benzene rings is 1. The highest BCUT2D eigenvalue weighted by atomic mass is 32.2. The number of ether oxygens (including phenoxy) is 1. The van der Waals surface area contributed by atoms with Crippen LogP contribution < -0.4 is 9.46 Å². The van der Waals surface area contributed by atoms with Crippen LogP contribution in [0.3, 0.4) is 0 Å². The van der Waals surface area contributed by atoms with E-state index in [4.69, 9.17) is 9.26 Å². The van der Waals surface area contributed by atoms with Crippen molar-refractivity contribution < 1.29 is 22.2 Å². The average Bonchev–Trinajstić information content (AvgIpc) is 3.37. The van der Waals surface area contributed by atoms with E-state index in [1.54, 1.807) is 18.3 Å². The molecule has 10 heteroatoms. The van der Waals surface area contributed by atoms with E-state index in [1.807, 2.05) is 58.9 Å². The van der Waals surface area contributed by atoms with Crippen molar-refractivity contribution in [2.75, 3.05) is 17.9 Å². The lowest BCUT2D eigenvalue weighted by Gasteiger charge is -2.34. The first-order valence-electron chi connectivity index (χ1n) is 12.5. The Balaban J connectivity index is 0.00000186. The molecule has 37 heavy (non-hydrogen) atoms. The van der Waals surface area contributed by atoms with Crippen LogP contribution in [0.15, 0.2) is 52.0 Å². The summed E-state index contributed by atoms with van der Waals surface area (Å²) < 4.78 is 50.9. The molecule has 0 saturated carbocycles. The molecule has 202 valence electrons. The summed E-state index contributed by atoms with van der Waals surface area (Å²) in [4.78, 5) is 7.14. The van der Waals surface area contributed by atoms with Crippen LogP contribution in [0.5, 0.6) is 5.88 Å². The monoisotopic (exact) mass is 534 g/mol. The molecule has 1 aliphatic heterocycles. The lowest BCUT2D eigenvalue weighted by Crippen LogP contribution is -2.33. The number of nitrogens with one attached hydrogen (secondary N) is 1. The van der Waals surface area contributed by atoms with Crippen molar-refractivity contribution in [3.8, 4) is 5.88 Å². The van der Waals surface area contributed by atoms with Crippen molar-refractivity contribution in [2.45, 2.75) is 77.3 Å². The molecule has 4 rings (SSSR count). The van der Waals surface area contributed by atoms with Gasteiger partial charge in [0.2, 0.25) is 5.88 Å². The maximum atomic E-state index is 13.0. The van der Waals surface area contributed by atoms with Gasteiger partial charge in [-0.2, -0.15) is 0 Å². The number of halogens is 2. The van der Waals surface area contributed by atoms with Crippen LogP contribution in [0.25, 0.3) is 0 Å². The number of hydrogen-bond acceptors (Lipinski definition) is 6. The van der Waals surface area contributed by atoms with Gasteiger partial charge in [-0.05, 0) is 42.2 Å². The Hall–Kier alpha value is -2.85. The van der Waals surface area contributed by atoms with Crippen molar-refractivity contribution >= 4 is 16.8 Å². The largest absolute Gasteiger partial charge is 0.472 e. The molecule has 0 bridgehead atoms. The Morgan fingerprint density at radius 1 is 1.16 bits per heavy atom. The lowest BCUT2D eigenvalue weighted by molar-refractivity contribution is 0.0795. The lowest BCUT2D eigenvalue weighted by atomic mass is 9.93. The van der Waals surface area contributed by atoms with Crippen molar-refractivity contribution in [2.24, 2.45) is 0 Å². The van der Waals surface area contributed by atoms with Gasteiger partial charge in [0.25, 0.3) is 6.43 Å². The molecule has 0 fully saturated rings. The van der Waals surface area contributed by atoms with E-state index in [0.717, 1.165) is 29.9 Å². The first-order chi connectivity index (χ1) is 17.6. The molecule has 0 amide bonds. The Kier molecular flexibility index (Phi) is 9.78. The highest BCUT2D eigenvalue weighted by molar-refractivity contribution is 7.86. The highest BCUT2D eigenvalue weighted by Crippen LogP contribution is 2.30. The first-order valence-corrected chi connectivity index (χ1v) is 13.6. The number of hydrogen-bond donors (Lipinski definition) is 1. The summed E-state index contributed by atoms with van der Waals surface area (Å²) in [6.07, 6.45) is 0.0108. The fourth-order valence-electron chi connectivity index (χ4n) is 3.92. The molecule has 2 atom stereocenters. The Morgan fingerprint density at radius 3 is 2.54 bits per heavy atom. The van der Waals surface area contributed by atoms with Gasteiger partial charge in [0, 0.05) is 42.9 Å². The van der Waals surface area contributed by atoms with Gasteiger partial charge in [-0.3, -0.25) is 9.62 Å². The maximum Gasteiger partial charge on any atom is 0.272 e. The van der Waals surface area contributed by atoms with Crippen LogP contribution in [-0.2, 0) is 29.4 Å². The van der Waals surface area contributed by atoms with E-state index in [-0.39, 0.29) is 17.3 Å². The van der Waals surface area contributed by atoms with Crippen LogP contribution in [0.2, 0.25) is 0 Å². The fraction of sp³-hybridized carbons (Fsp3) is 0.481. The summed E-state index contributed by atoms with van der Waals surface area (Å²) in [5, 5.41) is 3.99. The predicted molar refractivity (Wildman–Crippen MR) is 141 cm³/mol. The minimum absolute atomic E-state index is 0.0676. The second-order valence-corrected chi connectivity index (χ2v) is 10.9. The van der Waals surface area contributed by atoms with Crippen LogP contribution in [0, 0.1) is 0 Å². The van der Waals surface area contributed by atoms with Gasteiger partial charge in [0.05, 0.1) is 4.90 Å². The van der Waals surface area contributed by atoms with Gasteiger partial charge >= 0.3 is 0 Å². The van der Waals surface area contributed by atoms with Gasteiger partial charge in [-0.1, -0.05) is 51.9 Å². The third-order valence-electron chi connectivity index (χ3n) is 6.03. The number of pyridine rings is 1. The fourth-order valence-corrected chi connectivity index (χ4v) is 4.76. The molecule has 3 aromatic rings. The Labute approximate surface area is 220 Å². The summed E-state index contributed by atoms with van der Waals surface area (Å²) in [6.45, 7) is 13.1. The zero-order chi connectivity index (χ0) is 27.2. The molecule has 7 nitrogen and oxygen atoms in total. The second kappa shape index (κ2) is 12.6. The normalized spacial score (nSPS) is 15.4. The highest BCUT2D eigenvalue weighted by Gasteiger charge is 2.24. The molecule has 1 aliphatic rings. The third kappa shape index (κ3) is 7.58. The van der Waals surface area contributed by atoms with E-state index in [9.17, 15) is 13.0 Å². The van der Waals surface area contributed by atoms with Crippen LogP contribution >= 0.6 is 0 Å². The first kappa shape index (κ1) is 28.7. The number of fused-ring (bicyclic) bond motifs is 1. The molecule has 2 aromatic heterocycles. The van der Waals surface area contributed by atoms with E-state index in [0.29, 0.717) is 17.3 Å². The number of alkyl halides is 2. The van der Waals surface area contributed by atoms with E-state index >= 15 is 0 Å². The summed E-state index contributed by atoms with van der Waals surface area (Å²) >= 11 is 0. The molecule has 3 heterocycles. The van der Waals surface area contributed by atoms with Crippen molar-refractivity contribution in [1.82, 2.24) is 15.0 Å². The second-order valence-electron chi connectivity index (χ2n) is 9.66. The van der Waals surface area contributed by atoms with Crippen LogP contribution in [0.1, 0.15) is 70.0 Å². The summed E-state index contributed by atoms with van der Waals surface area (Å²) in [6, 6.07) is 11.2. The number of aromatic nitrogens is 2. The molecule has 0 aliphatic carbocycles. The molecular weight excluding hydrogens is 498 g/mol. The van der Waals surface area contributed by atoms with Gasteiger partial charge in [0.1, 0.15) is 5.76 Å². The minimum Gasteiger partial charge on any atom is -0.472 e. The van der Waals surface area contributed by atoms with E-state index < -0.39 is 24.0 Å². The maximum absolute atomic E-state index is 13.0. The number of anilines is 1. The smallest absolute Gasteiger partial charge is 0.272 e. The van der Waals surface area contributed by atoms with Crippen molar-refractivity contribution in [1.29, 1.82) is 0 Å². The quantitative estimate of drug-likeness (QED) is 0.366. The molecule has 0 saturated heterocycles. The van der Waals surface area contributed by atoms with Crippen LogP contribution in [-0.4, -0.2) is 38.8 Å². The SMILES string of the molecule is CC.CC(c1ccc(OCC(F)F)nc1)N1CCc2ccc(S(=O)Nc3cc(C(C)(C)C)on3)cc2C1. The summed E-state index contributed by atoms with van der Waals surface area (Å²) in [5.74, 6) is 1.34. The third-order valence-corrected chi connectivity index (χ3v) is 7.10. The molecule has 1 N–H and O–H groups in total. The molecule has 0 radical (unpaired) electrons. The van der Waals surface area contributed by atoms with Gasteiger partial charge in [-0.25, -0.2) is 18.0 Å². The molecular formula is C27H36F2N4O3S. The topological polar surface area (TPSA) is 80.5 Å². The molecule has 1 aromatic carbocycles. The van der Waals surface area contributed by atoms with Crippen molar-refractivity contribution in [3.05, 3.63) is 65.0 Å². The zero-order valence-electron chi connectivity index (χ0n) is 22.3. The average molecular weight is 535 g/mol. The summed E-state index contributed by atoms with van der Waals surface area (Å²) in [5.41, 5.74) is 3.14. The van der Waals surface area contributed by atoms with Gasteiger partial charge < -0.3 is 9.26 Å². The van der Waals surface area contributed by atoms with E-state index in [1.165, 1.54) is 5.56 Å². The molecule has 0 spiro atoms. The minimum atomic E-state index is -2.53. The predicted octanol–water partition coefficient (Wildman–Crippen LogP) is 6.29. The number of rotatable bonds is 8. The summed E-state index contributed by atoms with van der Waals surface area (Å²) in [7, 11) is -1.48. The van der Waals surface area contributed by atoms with Crippen LogP contribution in [0.4, 0.5) is 14.6 Å². The number of nitrogens with zero attached hydrogens (tertiary/aromatic N) is 3. The van der Waals surface area contributed by atoms with Crippen molar-refractivity contribution in [3.63, 3.8) is 0 Å². The van der Waals surface area contributed by atoms with E-state index in [2.05, 4.69) is 26.7 Å². The standard InChI is InChI=1S/C25H30F2N4O3S.C2H6/c1-16(18-6-8-24(28-13-18)33-15-22(26)27)31-10-9-17-5-7-20(11-19(17)14-31)35(32)30-23-12-21(34-29-23)25(2,3)4;1-2/h5-8,11-13,16,22H,9-10,14-15H2,1-4H3,(H,29,30);1-2H3. The zero-order valence-corrected chi connectivity index (χ0v) is 23.1.